The highest BCUT2D eigenvalue weighted by Gasteiger charge is 2.27. The van der Waals surface area contributed by atoms with Gasteiger partial charge in [-0.05, 0) is 71.2 Å². The number of hydrogen-bond acceptors (Lipinski definition) is 3. The summed E-state index contributed by atoms with van der Waals surface area (Å²) in [5, 5.41) is 3.77. The van der Waals surface area contributed by atoms with E-state index in [-0.39, 0.29) is 0 Å². The third-order valence-electron chi connectivity index (χ3n) is 5.45. The van der Waals surface area contributed by atoms with E-state index >= 15 is 0 Å². The number of likely N-dealkylation sites (tertiary alicyclic amines) is 1. The SMILES string of the molecule is CCNC1CCCCCC1CN1CCC(CN(C)C)CC1. The fraction of sp³-hybridized carbons (Fsp3) is 1.00. The van der Waals surface area contributed by atoms with Crippen LogP contribution in [-0.4, -0.2) is 62.7 Å². The predicted octanol–water partition coefficient (Wildman–Crippen LogP) is 2.82. The summed E-state index contributed by atoms with van der Waals surface area (Å²) >= 11 is 0. The molecule has 2 aliphatic rings. The van der Waals surface area contributed by atoms with Crippen LogP contribution in [0.25, 0.3) is 0 Å². The van der Waals surface area contributed by atoms with Crippen LogP contribution >= 0.6 is 0 Å². The predicted molar refractivity (Wildman–Crippen MR) is 91.8 cm³/mol. The number of nitrogens with one attached hydrogen (secondary N) is 1. The van der Waals surface area contributed by atoms with Gasteiger partial charge in [-0.25, -0.2) is 0 Å². The van der Waals surface area contributed by atoms with E-state index in [9.17, 15) is 0 Å². The molecule has 2 atom stereocenters. The first-order chi connectivity index (χ1) is 10.2. The van der Waals surface area contributed by atoms with Gasteiger partial charge in [-0.1, -0.05) is 26.2 Å². The van der Waals surface area contributed by atoms with E-state index in [2.05, 4.69) is 36.1 Å². The quantitative estimate of drug-likeness (QED) is 0.760. The second-order valence-corrected chi connectivity index (χ2v) is 7.57. The van der Waals surface area contributed by atoms with E-state index in [0.717, 1.165) is 24.4 Å². The lowest BCUT2D eigenvalue weighted by Crippen LogP contribution is -2.45. The average Bonchev–Trinajstić information content (AvgIpc) is 2.67. The Balaban J connectivity index is 1.77. The molecule has 21 heavy (non-hydrogen) atoms. The molecule has 0 aromatic heterocycles. The first kappa shape index (κ1) is 17.2. The molecular weight excluding hydrogens is 258 g/mol. The maximum absolute atomic E-state index is 3.77. The number of hydrogen-bond donors (Lipinski definition) is 1. The average molecular weight is 296 g/mol. The van der Waals surface area contributed by atoms with Crippen molar-refractivity contribution in [1.82, 2.24) is 15.1 Å². The van der Waals surface area contributed by atoms with Gasteiger partial charge in [0.25, 0.3) is 0 Å². The van der Waals surface area contributed by atoms with Crippen LogP contribution in [0.5, 0.6) is 0 Å². The fourth-order valence-electron chi connectivity index (χ4n) is 4.33. The molecule has 124 valence electrons. The Morgan fingerprint density at radius 1 is 1.00 bits per heavy atom. The minimum absolute atomic E-state index is 0.775. The van der Waals surface area contributed by atoms with Crippen LogP contribution in [-0.2, 0) is 0 Å². The van der Waals surface area contributed by atoms with E-state index in [1.54, 1.807) is 0 Å². The van der Waals surface area contributed by atoms with Crippen molar-refractivity contribution in [2.45, 2.75) is 57.9 Å². The van der Waals surface area contributed by atoms with Gasteiger partial charge in [0.1, 0.15) is 0 Å². The summed E-state index contributed by atoms with van der Waals surface area (Å²) in [5.74, 6) is 1.81. The molecule has 0 radical (unpaired) electrons. The third kappa shape index (κ3) is 5.88. The summed E-state index contributed by atoms with van der Waals surface area (Å²) in [4.78, 5) is 5.11. The molecule has 3 heteroatoms. The van der Waals surface area contributed by atoms with Crippen LogP contribution in [0.15, 0.2) is 0 Å². The van der Waals surface area contributed by atoms with Gasteiger partial charge in [0.15, 0.2) is 0 Å². The van der Waals surface area contributed by atoms with Gasteiger partial charge in [0.05, 0.1) is 0 Å². The molecule has 1 heterocycles. The number of piperidine rings is 1. The van der Waals surface area contributed by atoms with Crippen molar-refractivity contribution >= 4 is 0 Å². The summed E-state index contributed by atoms with van der Waals surface area (Å²) in [6.07, 6.45) is 9.96. The molecule has 0 spiro atoms. The van der Waals surface area contributed by atoms with Crippen molar-refractivity contribution in [3.63, 3.8) is 0 Å². The molecule has 2 rings (SSSR count). The molecule has 0 aromatic rings. The largest absolute Gasteiger partial charge is 0.314 e. The van der Waals surface area contributed by atoms with Crippen molar-refractivity contribution in [3.05, 3.63) is 0 Å². The van der Waals surface area contributed by atoms with Gasteiger partial charge in [0.2, 0.25) is 0 Å². The van der Waals surface area contributed by atoms with Gasteiger partial charge < -0.3 is 15.1 Å². The molecular formula is C18H37N3. The fourth-order valence-corrected chi connectivity index (χ4v) is 4.33. The highest BCUT2D eigenvalue weighted by molar-refractivity contribution is 4.83. The van der Waals surface area contributed by atoms with Crippen LogP contribution in [0.4, 0.5) is 0 Å². The van der Waals surface area contributed by atoms with E-state index < -0.39 is 0 Å². The van der Waals surface area contributed by atoms with Gasteiger partial charge in [-0.15, -0.1) is 0 Å². The van der Waals surface area contributed by atoms with Gasteiger partial charge in [0, 0.05) is 19.1 Å². The van der Waals surface area contributed by atoms with Crippen LogP contribution < -0.4 is 5.32 Å². The minimum Gasteiger partial charge on any atom is -0.314 e. The summed E-state index contributed by atoms with van der Waals surface area (Å²) in [7, 11) is 4.41. The lowest BCUT2D eigenvalue weighted by atomic mass is 9.91. The highest BCUT2D eigenvalue weighted by atomic mass is 15.1. The van der Waals surface area contributed by atoms with Gasteiger partial charge >= 0.3 is 0 Å². The van der Waals surface area contributed by atoms with Crippen molar-refractivity contribution in [2.75, 3.05) is 46.8 Å². The maximum Gasteiger partial charge on any atom is 0.0107 e. The Labute approximate surface area is 132 Å². The van der Waals surface area contributed by atoms with Crippen LogP contribution in [0.2, 0.25) is 0 Å². The molecule has 1 N–H and O–H groups in total. The van der Waals surface area contributed by atoms with Crippen molar-refractivity contribution < 1.29 is 0 Å². The summed E-state index contributed by atoms with van der Waals surface area (Å²) in [6, 6.07) is 0.775. The normalized spacial score (nSPS) is 29.7. The smallest absolute Gasteiger partial charge is 0.0107 e. The lowest BCUT2D eigenvalue weighted by molar-refractivity contribution is 0.130. The molecule has 0 aromatic carbocycles. The molecule has 3 nitrogen and oxygen atoms in total. The van der Waals surface area contributed by atoms with Crippen LogP contribution in [0, 0.1) is 11.8 Å². The standard InChI is InChI=1S/C18H37N3/c1-4-19-18-9-7-5-6-8-17(18)15-21-12-10-16(11-13-21)14-20(2)3/h16-19H,4-15H2,1-3H3. The third-order valence-corrected chi connectivity index (χ3v) is 5.45. The Kier molecular flexibility index (Phi) is 7.48. The Morgan fingerprint density at radius 3 is 2.38 bits per heavy atom. The topological polar surface area (TPSA) is 18.5 Å². The van der Waals surface area contributed by atoms with Gasteiger partial charge in [-0.3, -0.25) is 0 Å². The van der Waals surface area contributed by atoms with Crippen LogP contribution in [0.3, 0.4) is 0 Å². The number of nitrogens with zero attached hydrogens (tertiary/aromatic N) is 2. The van der Waals surface area contributed by atoms with Gasteiger partial charge in [-0.2, -0.15) is 0 Å². The highest BCUT2D eigenvalue weighted by Crippen LogP contribution is 2.26. The Bertz CT molecular complexity index is 272. The first-order valence-corrected chi connectivity index (χ1v) is 9.29. The summed E-state index contributed by atoms with van der Waals surface area (Å²) in [5.41, 5.74) is 0. The van der Waals surface area contributed by atoms with E-state index in [4.69, 9.17) is 0 Å². The Hall–Kier alpha value is -0.120. The minimum atomic E-state index is 0.775. The molecule has 1 aliphatic heterocycles. The van der Waals surface area contributed by atoms with Crippen molar-refractivity contribution in [2.24, 2.45) is 11.8 Å². The van der Waals surface area contributed by atoms with E-state index in [0.29, 0.717) is 0 Å². The van der Waals surface area contributed by atoms with Crippen LogP contribution in [0.1, 0.15) is 51.9 Å². The second kappa shape index (κ2) is 9.12. The van der Waals surface area contributed by atoms with Crippen molar-refractivity contribution in [3.8, 4) is 0 Å². The molecule has 1 saturated heterocycles. The molecule has 0 bridgehead atoms. The lowest BCUT2D eigenvalue weighted by Gasteiger charge is -2.37. The zero-order valence-electron chi connectivity index (χ0n) is 14.6. The maximum atomic E-state index is 3.77. The molecule has 0 amide bonds. The molecule has 1 saturated carbocycles. The molecule has 2 unspecified atom stereocenters. The molecule has 1 aliphatic carbocycles. The summed E-state index contributed by atoms with van der Waals surface area (Å²) in [6.45, 7) is 8.66. The van der Waals surface area contributed by atoms with Crippen molar-refractivity contribution in [1.29, 1.82) is 0 Å². The Morgan fingerprint density at radius 2 is 1.71 bits per heavy atom. The summed E-state index contributed by atoms with van der Waals surface area (Å²) < 4.78 is 0. The zero-order valence-corrected chi connectivity index (χ0v) is 14.6. The monoisotopic (exact) mass is 295 g/mol. The first-order valence-electron chi connectivity index (χ1n) is 9.29. The van der Waals surface area contributed by atoms with E-state index in [1.807, 2.05) is 0 Å². The number of rotatable bonds is 6. The molecule has 2 fully saturated rings. The van der Waals surface area contributed by atoms with E-state index in [1.165, 1.54) is 71.1 Å². The zero-order chi connectivity index (χ0) is 15.1. The second-order valence-electron chi connectivity index (χ2n) is 7.57.